The third kappa shape index (κ3) is 3.12. The van der Waals surface area contributed by atoms with Crippen molar-refractivity contribution in [2.45, 2.75) is 26.7 Å². The van der Waals surface area contributed by atoms with Crippen LogP contribution in [0.15, 0.2) is 30.5 Å². The van der Waals surface area contributed by atoms with Gasteiger partial charge in [0.1, 0.15) is 5.82 Å². The van der Waals surface area contributed by atoms with E-state index in [0.717, 1.165) is 11.3 Å². The molecule has 1 aromatic heterocycles. The second-order valence-corrected chi connectivity index (χ2v) is 4.94. The molecule has 0 aliphatic rings. The molecule has 0 aliphatic heterocycles. The van der Waals surface area contributed by atoms with Crippen molar-refractivity contribution in [1.82, 2.24) is 9.97 Å². The molecular weight excluding hydrogens is 254 g/mol. The van der Waals surface area contributed by atoms with Crippen LogP contribution >= 0.6 is 0 Å². The van der Waals surface area contributed by atoms with Gasteiger partial charge in [0.05, 0.1) is 11.9 Å². The molecule has 0 atom stereocenters. The van der Waals surface area contributed by atoms with Crippen molar-refractivity contribution in [1.29, 1.82) is 0 Å². The van der Waals surface area contributed by atoms with Crippen LogP contribution in [0.2, 0.25) is 0 Å². The lowest BCUT2D eigenvalue weighted by Crippen LogP contribution is -2.10. The van der Waals surface area contributed by atoms with E-state index in [1.54, 1.807) is 0 Å². The molecule has 0 unspecified atom stereocenters. The zero-order valence-electron chi connectivity index (χ0n) is 11.7. The maximum atomic E-state index is 11.3. The molecule has 0 bridgehead atoms. The summed E-state index contributed by atoms with van der Waals surface area (Å²) in [5.41, 5.74) is 2.33. The molecule has 0 saturated carbocycles. The van der Waals surface area contributed by atoms with Gasteiger partial charge in [-0.1, -0.05) is 31.5 Å². The van der Waals surface area contributed by atoms with Gasteiger partial charge in [0.25, 0.3) is 0 Å². The van der Waals surface area contributed by atoms with Crippen molar-refractivity contribution in [2.75, 3.05) is 5.32 Å². The van der Waals surface area contributed by atoms with Gasteiger partial charge in [-0.3, -0.25) is 0 Å². The Balaban J connectivity index is 2.35. The van der Waals surface area contributed by atoms with Crippen LogP contribution in [-0.4, -0.2) is 21.0 Å². The van der Waals surface area contributed by atoms with Gasteiger partial charge in [-0.25, -0.2) is 14.8 Å². The van der Waals surface area contributed by atoms with Crippen LogP contribution in [0.4, 0.5) is 11.4 Å². The standard InChI is InChI=1S/C15H17N3O2/c1-9(2)14-16-8-12(13(18-14)15(19)20)17-11-6-4-10(3)5-7-11/h4-9,17H,1-3H3,(H,19,20). The first-order valence-corrected chi connectivity index (χ1v) is 6.41. The van der Waals surface area contributed by atoms with Crippen molar-refractivity contribution in [3.8, 4) is 0 Å². The van der Waals surface area contributed by atoms with Gasteiger partial charge < -0.3 is 10.4 Å². The van der Waals surface area contributed by atoms with Crippen LogP contribution in [0.5, 0.6) is 0 Å². The molecule has 1 aromatic carbocycles. The summed E-state index contributed by atoms with van der Waals surface area (Å²) in [5, 5.41) is 12.3. The second-order valence-electron chi connectivity index (χ2n) is 4.94. The monoisotopic (exact) mass is 271 g/mol. The molecule has 0 fully saturated rings. The molecule has 2 N–H and O–H groups in total. The number of nitrogens with one attached hydrogen (secondary N) is 1. The summed E-state index contributed by atoms with van der Waals surface area (Å²) in [6.07, 6.45) is 1.52. The smallest absolute Gasteiger partial charge is 0.356 e. The minimum Gasteiger partial charge on any atom is -0.476 e. The van der Waals surface area contributed by atoms with Crippen LogP contribution in [0.25, 0.3) is 0 Å². The van der Waals surface area contributed by atoms with E-state index >= 15 is 0 Å². The van der Waals surface area contributed by atoms with Gasteiger partial charge in [0.15, 0.2) is 5.69 Å². The first kappa shape index (κ1) is 14.0. The Labute approximate surface area is 117 Å². The summed E-state index contributed by atoms with van der Waals surface area (Å²) in [6.45, 7) is 5.84. The third-order valence-corrected chi connectivity index (χ3v) is 2.86. The summed E-state index contributed by atoms with van der Waals surface area (Å²) in [7, 11) is 0. The maximum absolute atomic E-state index is 11.3. The Hall–Kier alpha value is -2.43. The van der Waals surface area contributed by atoms with Gasteiger partial charge in [-0.15, -0.1) is 0 Å². The molecule has 0 radical (unpaired) electrons. The van der Waals surface area contributed by atoms with Crippen molar-refractivity contribution in [2.24, 2.45) is 0 Å². The van der Waals surface area contributed by atoms with Crippen LogP contribution in [0.1, 0.15) is 41.6 Å². The molecule has 2 rings (SSSR count). The van der Waals surface area contributed by atoms with Gasteiger partial charge in [0.2, 0.25) is 0 Å². The van der Waals surface area contributed by atoms with E-state index in [2.05, 4.69) is 15.3 Å². The van der Waals surface area contributed by atoms with Crippen LogP contribution < -0.4 is 5.32 Å². The number of carboxylic acids is 1. The van der Waals surface area contributed by atoms with Gasteiger partial charge in [-0.2, -0.15) is 0 Å². The Morgan fingerprint density at radius 2 is 1.90 bits per heavy atom. The molecule has 2 aromatic rings. The highest BCUT2D eigenvalue weighted by atomic mass is 16.4. The number of anilines is 2. The Kier molecular flexibility index (Phi) is 3.98. The van der Waals surface area contributed by atoms with E-state index in [0.29, 0.717) is 11.5 Å². The molecule has 5 nitrogen and oxygen atoms in total. The predicted molar refractivity (Wildman–Crippen MR) is 77.5 cm³/mol. The Morgan fingerprint density at radius 3 is 2.45 bits per heavy atom. The topological polar surface area (TPSA) is 75.1 Å². The molecule has 1 heterocycles. The van der Waals surface area contributed by atoms with E-state index in [4.69, 9.17) is 0 Å². The van der Waals surface area contributed by atoms with Crippen molar-refractivity contribution in [3.05, 3.63) is 47.5 Å². The minimum atomic E-state index is -1.07. The average Bonchev–Trinajstić information content (AvgIpc) is 2.41. The Morgan fingerprint density at radius 1 is 1.25 bits per heavy atom. The zero-order chi connectivity index (χ0) is 14.7. The van der Waals surface area contributed by atoms with Crippen molar-refractivity contribution >= 4 is 17.3 Å². The molecule has 0 aliphatic carbocycles. The number of carboxylic acid groups (broad SMARTS) is 1. The fraction of sp³-hybridized carbons (Fsp3) is 0.267. The van der Waals surface area contributed by atoms with Crippen LogP contribution in [0, 0.1) is 6.92 Å². The number of aryl methyl sites for hydroxylation is 1. The number of rotatable bonds is 4. The largest absolute Gasteiger partial charge is 0.476 e. The van der Waals surface area contributed by atoms with Crippen molar-refractivity contribution in [3.63, 3.8) is 0 Å². The lowest BCUT2D eigenvalue weighted by molar-refractivity contribution is 0.0691. The highest BCUT2D eigenvalue weighted by molar-refractivity contribution is 5.92. The number of aromatic nitrogens is 2. The summed E-state index contributed by atoms with van der Waals surface area (Å²) in [4.78, 5) is 19.6. The lowest BCUT2D eigenvalue weighted by Gasteiger charge is -2.11. The highest BCUT2D eigenvalue weighted by Crippen LogP contribution is 2.21. The zero-order valence-corrected chi connectivity index (χ0v) is 11.7. The first-order chi connectivity index (χ1) is 9.47. The first-order valence-electron chi connectivity index (χ1n) is 6.41. The quantitative estimate of drug-likeness (QED) is 0.891. The molecule has 0 spiro atoms. The molecule has 5 heteroatoms. The molecule has 104 valence electrons. The Bertz CT molecular complexity index is 622. The fourth-order valence-electron chi connectivity index (χ4n) is 1.72. The number of hydrogen-bond acceptors (Lipinski definition) is 4. The summed E-state index contributed by atoms with van der Waals surface area (Å²) >= 11 is 0. The molecular formula is C15H17N3O2. The van der Waals surface area contributed by atoms with Gasteiger partial charge in [-0.05, 0) is 19.1 Å². The second kappa shape index (κ2) is 5.69. The number of hydrogen-bond donors (Lipinski definition) is 2. The van der Waals surface area contributed by atoms with Crippen molar-refractivity contribution < 1.29 is 9.90 Å². The third-order valence-electron chi connectivity index (χ3n) is 2.86. The van der Waals surface area contributed by atoms with E-state index < -0.39 is 5.97 Å². The average molecular weight is 271 g/mol. The molecule has 0 amide bonds. The highest BCUT2D eigenvalue weighted by Gasteiger charge is 2.15. The summed E-state index contributed by atoms with van der Waals surface area (Å²) in [6, 6.07) is 7.67. The van der Waals surface area contributed by atoms with E-state index in [1.165, 1.54) is 6.20 Å². The number of aromatic carboxylic acids is 1. The summed E-state index contributed by atoms with van der Waals surface area (Å²) in [5.74, 6) is -0.456. The molecule has 0 saturated heterocycles. The predicted octanol–water partition coefficient (Wildman–Crippen LogP) is 3.35. The maximum Gasteiger partial charge on any atom is 0.356 e. The van der Waals surface area contributed by atoms with Gasteiger partial charge in [0, 0.05) is 11.6 Å². The number of nitrogens with zero attached hydrogens (tertiary/aromatic N) is 2. The SMILES string of the molecule is Cc1ccc(Nc2cnc(C(C)C)nc2C(=O)O)cc1. The van der Waals surface area contributed by atoms with E-state index in [9.17, 15) is 9.90 Å². The fourth-order valence-corrected chi connectivity index (χ4v) is 1.72. The lowest BCUT2D eigenvalue weighted by atomic mass is 10.2. The molecule has 20 heavy (non-hydrogen) atoms. The number of carbonyl (C=O) groups is 1. The van der Waals surface area contributed by atoms with Crippen LogP contribution in [0.3, 0.4) is 0 Å². The van der Waals surface area contributed by atoms with Gasteiger partial charge >= 0.3 is 5.97 Å². The van der Waals surface area contributed by atoms with E-state index in [1.807, 2.05) is 45.0 Å². The van der Waals surface area contributed by atoms with E-state index in [-0.39, 0.29) is 11.6 Å². The minimum absolute atomic E-state index is 0.00993. The number of benzene rings is 1. The normalized spacial score (nSPS) is 10.6. The van der Waals surface area contributed by atoms with Crippen LogP contribution in [-0.2, 0) is 0 Å². The summed E-state index contributed by atoms with van der Waals surface area (Å²) < 4.78 is 0.